The Labute approximate surface area is 93.9 Å². The smallest absolute Gasteiger partial charge is 0.303 e. The fraction of sp³-hybridized carbons (Fsp3) is 0.417. The molecule has 0 saturated heterocycles. The van der Waals surface area contributed by atoms with Gasteiger partial charge in [-0.05, 0) is 37.5 Å². The lowest BCUT2D eigenvalue weighted by atomic mass is 10.0. The Bertz CT molecular complexity index is 388. The predicted molar refractivity (Wildman–Crippen MR) is 58.3 cm³/mol. The molecule has 16 heavy (non-hydrogen) atoms. The molecule has 1 aromatic carbocycles. The van der Waals surface area contributed by atoms with Crippen LogP contribution in [-0.4, -0.2) is 18.2 Å². The maximum Gasteiger partial charge on any atom is 0.303 e. The van der Waals surface area contributed by atoms with E-state index in [1.54, 1.807) is 13.0 Å². The Balaban J connectivity index is 2.81. The lowest BCUT2D eigenvalue weighted by Gasteiger charge is -2.10. The van der Waals surface area contributed by atoms with Gasteiger partial charge in [0, 0.05) is 12.0 Å². The monoisotopic (exact) mass is 226 g/mol. The summed E-state index contributed by atoms with van der Waals surface area (Å²) >= 11 is 0. The first-order valence-corrected chi connectivity index (χ1v) is 5.09. The molecule has 0 aliphatic heterocycles. The van der Waals surface area contributed by atoms with Crippen molar-refractivity contribution in [2.24, 2.45) is 0 Å². The van der Waals surface area contributed by atoms with Gasteiger partial charge in [0.15, 0.2) is 0 Å². The molecule has 0 atom stereocenters. The highest BCUT2D eigenvalue weighted by Gasteiger charge is 2.10. The van der Waals surface area contributed by atoms with Crippen molar-refractivity contribution in [3.8, 4) is 5.75 Å². The Morgan fingerprint density at radius 3 is 2.75 bits per heavy atom. The molecule has 0 aliphatic carbocycles. The number of aliphatic carboxylic acids is 1. The maximum atomic E-state index is 13.6. The van der Waals surface area contributed by atoms with Crippen LogP contribution in [0.4, 0.5) is 4.39 Å². The zero-order valence-corrected chi connectivity index (χ0v) is 9.42. The summed E-state index contributed by atoms with van der Waals surface area (Å²) in [6.07, 6.45) is 0.823. The van der Waals surface area contributed by atoms with Crippen LogP contribution in [0.3, 0.4) is 0 Å². The molecule has 0 fully saturated rings. The van der Waals surface area contributed by atoms with Crippen molar-refractivity contribution in [1.82, 2.24) is 0 Å². The van der Waals surface area contributed by atoms with Crippen LogP contribution in [0.2, 0.25) is 0 Å². The molecule has 0 aliphatic rings. The van der Waals surface area contributed by atoms with Crippen molar-refractivity contribution in [2.45, 2.75) is 26.2 Å². The molecular weight excluding hydrogens is 211 g/mol. The van der Waals surface area contributed by atoms with Crippen LogP contribution in [0, 0.1) is 12.7 Å². The van der Waals surface area contributed by atoms with E-state index < -0.39 is 5.97 Å². The number of hydrogen-bond acceptors (Lipinski definition) is 2. The van der Waals surface area contributed by atoms with E-state index >= 15 is 0 Å². The van der Waals surface area contributed by atoms with Gasteiger partial charge >= 0.3 is 5.97 Å². The number of halogens is 1. The molecule has 1 N–H and O–H groups in total. The molecule has 0 spiro atoms. The largest absolute Gasteiger partial charge is 0.496 e. The number of aryl methyl sites for hydroxylation is 1. The lowest BCUT2D eigenvalue weighted by molar-refractivity contribution is -0.137. The topological polar surface area (TPSA) is 46.5 Å². The molecule has 0 amide bonds. The first-order valence-electron chi connectivity index (χ1n) is 5.09. The van der Waals surface area contributed by atoms with Crippen LogP contribution in [0.25, 0.3) is 0 Å². The molecule has 0 bridgehead atoms. The van der Waals surface area contributed by atoms with Crippen LogP contribution in [0.1, 0.15) is 24.0 Å². The van der Waals surface area contributed by atoms with Gasteiger partial charge in [-0.25, -0.2) is 4.39 Å². The minimum Gasteiger partial charge on any atom is -0.496 e. The molecule has 0 heterocycles. The summed E-state index contributed by atoms with van der Waals surface area (Å²) in [7, 11) is 1.48. The number of methoxy groups -OCH3 is 1. The Hall–Kier alpha value is -1.58. The predicted octanol–water partition coefficient (Wildman–Crippen LogP) is 2.55. The molecule has 0 radical (unpaired) electrons. The van der Waals surface area contributed by atoms with Gasteiger partial charge in [0.2, 0.25) is 0 Å². The third-order valence-electron chi connectivity index (χ3n) is 2.34. The first kappa shape index (κ1) is 12.5. The van der Waals surface area contributed by atoms with Gasteiger partial charge in [-0.2, -0.15) is 0 Å². The van der Waals surface area contributed by atoms with Crippen molar-refractivity contribution in [3.05, 3.63) is 29.1 Å². The Morgan fingerprint density at radius 1 is 1.50 bits per heavy atom. The van der Waals surface area contributed by atoms with Gasteiger partial charge in [0.25, 0.3) is 0 Å². The summed E-state index contributed by atoms with van der Waals surface area (Å²) in [5.41, 5.74) is 1.24. The van der Waals surface area contributed by atoms with Crippen LogP contribution in [0.5, 0.6) is 5.75 Å². The zero-order chi connectivity index (χ0) is 12.1. The molecule has 3 nitrogen and oxygen atoms in total. The quantitative estimate of drug-likeness (QED) is 0.839. The fourth-order valence-electron chi connectivity index (χ4n) is 1.58. The number of carboxylic acid groups (broad SMARTS) is 1. The van der Waals surface area contributed by atoms with Crippen LogP contribution < -0.4 is 4.74 Å². The molecule has 88 valence electrons. The number of carboxylic acids is 1. The van der Waals surface area contributed by atoms with Crippen LogP contribution >= 0.6 is 0 Å². The highest BCUT2D eigenvalue weighted by molar-refractivity contribution is 5.66. The van der Waals surface area contributed by atoms with Gasteiger partial charge in [-0.1, -0.05) is 0 Å². The van der Waals surface area contributed by atoms with Crippen molar-refractivity contribution >= 4 is 5.97 Å². The van der Waals surface area contributed by atoms with Gasteiger partial charge in [0.1, 0.15) is 11.6 Å². The van der Waals surface area contributed by atoms with E-state index in [1.807, 2.05) is 0 Å². The van der Waals surface area contributed by atoms with Crippen molar-refractivity contribution in [1.29, 1.82) is 0 Å². The second kappa shape index (κ2) is 5.49. The van der Waals surface area contributed by atoms with E-state index in [0.29, 0.717) is 24.2 Å². The molecule has 1 aromatic rings. The average Bonchev–Trinajstić information content (AvgIpc) is 2.20. The highest BCUT2D eigenvalue weighted by Crippen LogP contribution is 2.25. The minimum atomic E-state index is -0.869. The standard InChI is InChI=1S/C12H15FO3/c1-8-6-10(13)9(11(7-8)16-2)4-3-5-12(14)15/h6-7H,3-5H2,1-2H3,(H,14,15). The molecule has 0 unspecified atom stereocenters. The zero-order valence-electron chi connectivity index (χ0n) is 9.42. The summed E-state index contributed by atoms with van der Waals surface area (Å²) in [6.45, 7) is 1.78. The van der Waals surface area contributed by atoms with E-state index in [2.05, 4.69) is 0 Å². The second-order valence-corrected chi connectivity index (χ2v) is 3.67. The van der Waals surface area contributed by atoms with Gasteiger partial charge in [0.05, 0.1) is 7.11 Å². The van der Waals surface area contributed by atoms with E-state index in [4.69, 9.17) is 9.84 Å². The maximum absolute atomic E-state index is 13.6. The summed E-state index contributed by atoms with van der Waals surface area (Å²) in [6, 6.07) is 3.18. The first-order chi connectivity index (χ1) is 7.54. The number of rotatable bonds is 5. The minimum absolute atomic E-state index is 0.0382. The second-order valence-electron chi connectivity index (χ2n) is 3.67. The highest BCUT2D eigenvalue weighted by atomic mass is 19.1. The average molecular weight is 226 g/mol. The van der Waals surface area contributed by atoms with E-state index in [1.165, 1.54) is 13.2 Å². The molecular formula is C12H15FO3. The number of hydrogen-bond donors (Lipinski definition) is 1. The van der Waals surface area contributed by atoms with Gasteiger partial charge in [-0.3, -0.25) is 4.79 Å². The van der Waals surface area contributed by atoms with Crippen LogP contribution in [0.15, 0.2) is 12.1 Å². The van der Waals surface area contributed by atoms with Gasteiger partial charge in [-0.15, -0.1) is 0 Å². The summed E-state index contributed by atoms with van der Waals surface area (Å²) in [5.74, 6) is -0.711. The molecule has 0 aromatic heterocycles. The molecule has 0 saturated carbocycles. The van der Waals surface area contributed by atoms with E-state index in [0.717, 1.165) is 5.56 Å². The van der Waals surface area contributed by atoms with Crippen molar-refractivity contribution in [2.75, 3.05) is 7.11 Å². The SMILES string of the molecule is COc1cc(C)cc(F)c1CCCC(=O)O. The third-order valence-corrected chi connectivity index (χ3v) is 2.34. The number of benzene rings is 1. The number of ether oxygens (including phenoxy) is 1. The number of carbonyl (C=O) groups is 1. The summed E-state index contributed by atoms with van der Waals surface area (Å²) in [4.78, 5) is 10.4. The van der Waals surface area contributed by atoms with Gasteiger partial charge < -0.3 is 9.84 Å². The molecule has 1 rings (SSSR count). The van der Waals surface area contributed by atoms with Crippen molar-refractivity contribution in [3.63, 3.8) is 0 Å². The van der Waals surface area contributed by atoms with E-state index in [9.17, 15) is 9.18 Å². The fourth-order valence-corrected chi connectivity index (χ4v) is 1.58. The van der Waals surface area contributed by atoms with Crippen LogP contribution in [-0.2, 0) is 11.2 Å². The van der Waals surface area contributed by atoms with Crippen molar-refractivity contribution < 1.29 is 19.0 Å². The summed E-state index contributed by atoms with van der Waals surface area (Å²) < 4.78 is 18.7. The normalized spacial score (nSPS) is 10.2. The summed E-state index contributed by atoms with van der Waals surface area (Å²) in [5, 5.41) is 8.51. The third kappa shape index (κ3) is 3.22. The lowest BCUT2D eigenvalue weighted by Crippen LogP contribution is -2.00. The van der Waals surface area contributed by atoms with E-state index in [-0.39, 0.29) is 12.2 Å². The molecule has 4 heteroatoms. The Kier molecular flexibility index (Phi) is 4.28. The Morgan fingerprint density at radius 2 is 2.19 bits per heavy atom.